The van der Waals surface area contributed by atoms with Crippen molar-refractivity contribution < 1.29 is 18.3 Å². The molecule has 8 heteroatoms. The summed E-state index contributed by atoms with van der Waals surface area (Å²) < 4.78 is 33.6. The molecule has 2 aromatic rings. The van der Waals surface area contributed by atoms with Gasteiger partial charge in [-0.25, -0.2) is 8.42 Å². The molecule has 0 unspecified atom stereocenters. The number of benzene rings is 1. The molecule has 0 saturated carbocycles. The van der Waals surface area contributed by atoms with Crippen LogP contribution in [-0.4, -0.2) is 37.1 Å². The van der Waals surface area contributed by atoms with E-state index in [0.29, 0.717) is 15.0 Å². The first kappa shape index (κ1) is 15.4. The van der Waals surface area contributed by atoms with E-state index in [-0.39, 0.29) is 25.2 Å². The monoisotopic (exact) mass is 371 g/mol. The number of aliphatic hydroxyl groups excluding tert-OH is 1. The van der Waals surface area contributed by atoms with Crippen molar-refractivity contribution in [2.24, 2.45) is 5.92 Å². The smallest absolute Gasteiger partial charge is 0.253 e. The molecule has 1 aromatic heterocycles. The van der Waals surface area contributed by atoms with Gasteiger partial charge in [-0.1, -0.05) is 17.7 Å². The Bertz CT molecular complexity index is 837. The zero-order valence-corrected chi connectivity index (χ0v) is 14.3. The molecule has 0 spiro atoms. The van der Waals surface area contributed by atoms with Gasteiger partial charge in [0, 0.05) is 23.0 Å². The molecule has 0 bridgehead atoms. The zero-order valence-electron chi connectivity index (χ0n) is 11.9. The second kappa shape index (κ2) is 5.46. The van der Waals surface area contributed by atoms with Gasteiger partial charge in [0.05, 0.1) is 12.6 Å². The second-order valence-electron chi connectivity index (χ2n) is 5.66. The van der Waals surface area contributed by atoms with E-state index in [1.807, 2.05) is 0 Å². The van der Waals surface area contributed by atoms with Crippen molar-refractivity contribution in [2.45, 2.75) is 16.4 Å². The zero-order chi connectivity index (χ0) is 16.2. The number of sulfonamides is 1. The lowest BCUT2D eigenvalue weighted by Gasteiger charge is -2.21. The molecule has 23 heavy (non-hydrogen) atoms. The summed E-state index contributed by atoms with van der Waals surface area (Å²) in [6.45, 7) is 0.108. The molecular weight excluding hydrogens is 358 g/mol. The van der Waals surface area contributed by atoms with Gasteiger partial charge in [-0.3, -0.25) is 0 Å². The summed E-state index contributed by atoms with van der Waals surface area (Å²) >= 11 is 7.26. The molecule has 2 aliphatic rings. The van der Waals surface area contributed by atoms with Crippen LogP contribution in [0.15, 0.2) is 39.9 Å². The molecule has 1 N–H and O–H groups in total. The van der Waals surface area contributed by atoms with Crippen LogP contribution in [0.3, 0.4) is 0 Å². The Hall–Kier alpha value is -1.12. The van der Waals surface area contributed by atoms with Crippen molar-refractivity contribution in [2.75, 3.05) is 13.2 Å². The predicted molar refractivity (Wildman–Crippen MR) is 87.4 cm³/mol. The van der Waals surface area contributed by atoms with Crippen LogP contribution in [0, 0.1) is 5.92 Å². The molecule has 122 valence electrons. The van der Waals surface area contributed by atoms with Crippen LogP contribution >= 0.6 is 22.9 Å². The van der Waals surface area contributed by atoms with Gasteiger partial charge in [0.1, 0.15) is 16.1 Å². The van der Waals surface area contributed by atoms with Crippen molar-refractivity contribution in [3.8, 4) is 5.75 Å². The fraction of sp³-hybridized carbons (Fsp3) is 0.333. The van der Waals surface area contributed by atoms with Crippen molar-refractivity contribution in [3.63, 3.8) is 0 Å². The van der Waals surface area contributed by atoms with Crippen molar-refractivity contribution in [3.05, 3.63) is 46.3 Å². The first-order valence-electron chi connectivity index (χ1n) is 7.14. The van der Waals surface area contributed by atoms with E-state index < -0.39 is 16.1 Å². The number of fused-ring (bicyclic) bond motifs is 3. The van der Waals surface area contributed by atoms with Crippen LogP contribution in [0.4, 0.5) is 0 Å². The first-order chi connectivity index (χ1) is 11.0. The number of thiophene rings is 1. The predicted octanol–water partition coefficient (Wildman–Crippen LogP) is 2.52. The van der Waals surface area contributed by atoms with E-state index in [2.05, 4.69) is 0 Å². The second-order valence-corrected chi connectivity index (χ2v) is 9.16. The minimum Gasteiger partial charge on any atom is -0.488 e. The molecule has 3 heterocycles. The van der Waals surface area contributed by atoms with E-state index in [4.69, 9.17) is 16.3 Å². The maximum absolute atomic E-state index is 13.0. The van der Waals surface area contributed by atoms with Crippen molar-refractivity contribution >= 4 is 33.0 Å². The Balaban J connectivity index is 1.82. The van der Waals surface area contributed by atoms with Gasteiger partial charge < -0.3 is 9.84 Å². The molecule has 1 aromatic carbocycles. The normalized spacial score (nSPS) is 26.8. The number of ether oxygens (including phenoxy) is 1. The molecule has 2 aliphatic heterocycles. The highest BCUT2D eigenvalue weighted by atomic mass is 35.5. The van der Waals surface area contributed by atoms with Gasteiger partial charge >= 0.3 is 0 Å². The Morgan fingerprint density at radius 1 is 1.39 bits per heavy atom. The SMILES string of the molecule is O=S(=O)(c1cccs1)N1C[C@@H](CO)[C@@H]2Oc3ccc(Cl)cc3[C@@H]21. The van der Waals surface area contributed by atoms with Gasteiger partial charge in [-0.15, -0.1) is 11.3 Å². The number of aliphatic hydroxyl groups is 1. The summed E-state index contributed by atoms with van der Waals surface area (Å²) in [5.74, 6) is 0.370. The Labute approximate surface area is 143 Å². The van der Waals surface area contributed by atoms with Gasteiger partial charge in [0.2, 0.25) is 0 Å². The third kappa shape index (κ3) is 2.30. The van der Waals surface area contributed by atoms with Crippen molar-refractivity contribution in [1.29, 1.82) is 0 Å². The largest absolute Gasteiger partial charge is 0.488 e. The van der Waals surface area contributed by atoms with E-state index in [1.165, 1.54) is 15.6 Å². The van der Waals surface area contributed by atoms with Crippen LogP contribution < -0.4 is 4.74 Å². The third-order valence-electron chi connectivity index (χ3n) is 4.35. The molecule has 3 atom stereocenters. The Morgan fingerprint density at radius 2 is 2.22 bits per heavy atom. The van der Waals surface area contributed by atoms with Gasteiger partial charge in [-0.2, -0.15) is 4.31 Å². The standard InChI is InChI=1S/C15H14ClNO4S2/c16-10-3-4-12-11(6-10)14-15(21-12)9(8-18)7-17(14)23(19,20)13-2-1-5-22-13/h1-6,9,14-15,18H,7-8H2/t9-,14-,15-/m0/s1. The van der Waals surface area contributed by atoms with Crippen LogP contribution in [0.1, 0.15) is 11.6 Å². The molecule has 4 rings (SSSR count). The minimum absolute atomic E-state index is 0.126. The number of halogens is 1. The molecule has 0 aliphatic carbocycles. The highest BCUT2D eigenvalue weighted by Gasteiger charge is 2.53. The Kier molecular flexibility index (Phi) is 3.66. The summed E-state index contributed by atoms with van der Waals surface area (Å²) in [4.78, 5) is 0. The molecular formula is C15H14ClNO4S2. The summed E-state index contributed by atoms with van der Waals surface area (Å²) in [6, 6.07) is 8.07. The maximum atomic E-state index is 13.0. The lowest BCUT2D eigenvalue weighted by atomic mass is 10.00. The molecule has 0 amide bonds. The van der Waals surface area contributed by atoms with Crippen LogP contribution in [0.25, 0.3) is 0 Å². The average Bonchev–Trinajstić information content (AvgIpc) is 3.22. The maximum Gasteiger partial charge on any atom is 0.253 e. The number of nitrogens with zero attached hydrogens (tertiary/aromatic N) is 1. The van der Waals surface area contributed by atoms with E-state index in [9.17, 15) is 13.5 Å². The summed E-state index contributed by atoms with van der Waals surface area (Å²) in [6.07, 6.45) is -0.386. The quantitative estimate of drug-likeness (QED) is 0.900. The molecule has 0 radical (unpaired) electrons. The van der Waals surface area contributed by atoms with Gasteiger partial charge in [0.25, 0.3) is 10.0 Å². The fourth-order valence-electron chi connectivity index (χ4n) is 3.30. The van der Waals surface area contributed by atoms with E-state index >= 15 is 0 Å². The minimum atomic E-state index is -3.63. The van der Waals surface area contributed by atoms with Gasteiger partial charge in [-0.05, 0) is 29.6 Å². The summed E-state index contributed by atoms with van der Waals surface area (Å²) in [5.41, 5.74) is 0.763. The molecule has 5 nitrogen and oxygen atoms in total. The van der Waals surface area contributed by atoms with Crippen LogP contribution in [-0.2, 0) is 10.0 Å². The van der Waals surface area contributed by atoms with Crippen LogP contribution in [0.2, 0.25) is 5.02 Å². The van der Waals surface area contributed by atoms with Crippen molar-refractivity contribution in [1.82, 2.24) is 4.31 Å². The van der Waals surface area contributed by atoms with E-state index in [1.54, 1.807) is 35.7 Å². The lowest BCUT2D eigenvalue weighted by molar-refractivity contribution is 0.121. The first-order valence-corrected chi connectivity index (χ1v) is 9.84. The lowest BCUT2D eigenvalue weighted by Crippen LogP contribution is -2.31. The number of hydrogen-bond acceptors (Lipinski definition) is 5. The van der Waals surface area contributed by atoms with E-state index in [0.717, 1.165) is 5.56 Å². The fourth-order valence-corrected chi connectivity index (χ4v) is 6.27. The number of rotatable bonds is 3. The highest BCUT2D eigenvalue weighted by Crippen LogP contribution is 2.50. The molecule has 1 fully saturated rings. The number of hydrogen-bond donors (Lipinski definition) is 1. The molecule has 1 saturated heterocycles. The average molecular weight is 372 g/mol. The summed E-state index contributed by atoms with van der Waals surface area (Å²) in [7, 11) is -3.63. The third-order valence-corrected chi connectivity index (χ3v) is 7.80. The van der Waals surface area contributed by atoms with Crippen LogP contribution in [0.5, 0.6) is 5.75 Å². The summed E-state index contributed by atoms with van der Waals surface area (Å²) in [5, 5.41) is 11.9. The topological polar surface area (TPSA) is 66.8 Å². The highest BCUT2D eigenvalue weighted by molar-refractivity contribution is 7.91. The Morgan fingerprint density at radius 3 is 2.91 bits per heavy atom. The van der Waals surface area contributed by atoms with Gasteiger partial charge in [0.15, 0.2) is 0 Å².